The quantitative estimate of drug-likeness (QED) is 0.368. The number of hydrogen-bond donors (Lipinski definition) is 0. The zero-order valence-electron chi connectivity index (χ0n) is 16.5. The first-order chi connectivity index (χ1) is 13.6. The molecule has 3 unspecified atom stereocenters. The average Bonchev–Trinajstić information content (AvgIpc) is 2.67. The molecule has 0 amide bonds. The van der Waals surface area contributed by atoms with E-state index in [1.165, 1.54) is 7.11 Å². The van der Waals surface area contributed by atoms with Crippen LogP contribution >= 0.6 is 0 Å². The number of ketones is 3. The molecule has 0 bridgehead atoms. The van der Waals surface area contributed by atoms with Crippen molar-refractivity contribution in [3.63, 3.8) is 0 Å². The van der Waals surface area contributed by atoms with E-state index in [1.807, 2.05) is 0 Å². The topological polar surface area (TPSA) is 82.6 Å². The van der Waals surface area contributed by atoms with Gasteiger partial charge in [0.05, 0.1) is 25.5 Å². The Hall–Kier alpha value is -2.13. The summed E-state index contributed by atoms with van der Waals surface area (Å²) < 4.78 is 49.2. The number of alkyl halides is 3. The van der Waals surface area contributed by atoms with Gasteiger partial charge in [0, 0.05) is 24.5 Å². The third-order valence-electron chi connectivity index (χ3n) is 5.05. The van der Waals surface area contributed by atoms with Crippen molar-refractivity contribution in [2.75, 3.05) is 20.3 Å². The first kappa shape index (κ1) is 23.2. The number of halogens is 3. The lowest BCUT2D eigenvalue weighted by Crippen LogP contribution is -2.44. The third kappa shape index (κ3) is 5.27. The number of nitrogens with zero attached hydrogens (tertiary/aromatic N) is 1. The number of hydrogen-bond acceptors (Lipinski definition) is 6. The highest BCUT2D eigenvalue weighted by molar-refractivity contribution is 6.26. The van der Waals surface area contributed by atoms with Crippen LogP contribution in [0, 0.1) is 17.8 Å². The van der Waals surface area contributed by atoms with Crippen LogP contribution < -0.4 is 0 Å². The SMILES string of the molecule is CCC1CC(C)C(=O)C(C(=O)c2ccc(C(F)(F)F)nc2COCCOC)C1=O. The summed E-state index contributed by atoms with van der Waals surface area (Å²) in [6.45, 7) is 3.35. The van der Waals surface area contributed by atoms with E-state index >= 15 is 0 Å². The van der Waals surface area contributed by atoms with E-state index in [1.54, 1.807) is 13.8 Å². The molecule has 1 heterocycles. The average molecular weight is 415 g/mol. The summed E-state index contributed by atoms with van der Waals surface area (Å²) in [5.41, 5.74) is -1.64. The van der Waals surface area contributed by atoms with Gasteiger partial charge in [-0.05, 0) is 25.0 Å². The molecule has 160 valence electrons. The molecule has 0 spiro atoms. The first-order valence-corrected chi connectivity index (χ1v) is 9.37. The number of ether oxygens (including phenoxy) is 2. The first-order valence-electron chi connectivity index (χ1n) is 9.37. The van der Waals surface area contributed by atoms with Gasteiger partial charge in [-0.2, -0.15) is 13.2 Å². The summed E-state index contributed by atoms with van der Waals surface area (Å²) in [5.74, 6) is -4.23. The monoisotopic (exact) mass is 415 g/mol. The minimum Gasteiger partial charge on any atom is -0.382 e. The molecular weight excluding hydrogens is 391 g/mol. The van der Waals surface area contributed by atoms with Gasteiger partial charge in [0.25, 0.3) is 0 Å². The molecule has 9 heteroatoms. The van der Waals surface area contributed by atoms with Crippen LogP contribution in [0.15, 0.2) is 12.1 Å². The van der Waals surface area contributed by atoms with Crippen molar-refractivity contribution in [1.82, 2.24) is 4.98 Å². The highest BCUT2D eigenvalue weighted by atomic mass is 19.4. The molecule has 1 saturated carbocycles. The smallest absolute Gasteiger partial charge is 0.382 e. The molecule has 0 aliphatic heterocycles. The number of Topliss-reactive ketones (excluding diaryl/α,β-unsaturated/α-hetero) is 3. The lowest BCUT2D eigenvalue weighted by Gasteiger charge is -2.29. The molecule has 2 rings (SSSR count). The fraction of sp³-hybridized carbons (Fsp3) is 0.600. The second kappa shape index (κ2) is 9.58. The van der Waals surface area contributed by atoms with Gasteiger partial charge in [0.15, 0.2) is 17.3 Å². The Morgan fingerprint density at radius 2 is 1.90 bits per heavy atom. The van der Waals surface area contributed by atoms with E-state index in [2.05, 4.69) is 4.98 Å². The van der Waals surface area contributed by atoms with Gasteiger partial charge in [-0.15, -0.1) is 0 Å². The van der Waals surface area contributed by atoms with E-state index in [4.69, 9.17) is 9.47 Å². The third-order valence-corrected chi connectivity index (χ3v) is 5.05. The van der Waals surface area contributed by atoms with E-state index < -0.39 is 47.0 Å². The molecule has 1 aromatic heterocycles. The van der Waals surface area contributed by atoms with Crippen LogP contribution in [0.4, 0.5) is 13.2 Å². The Labute approximate surface area is 166 Å². The maximum absolute atomic E-state index is 13.1. The summed E-state index contributed by atoms with van der Waals surface area (Å²) in [7, 11) is 1.44. The Morgan fingerprint density at radius 1 is 1.21 bits per heavy atom. The lowest BCUT2D eigenvalue weighted by molar-refractivity contribution is -0.142. The number of carbonyl (C=O) groups is 3. The van der Waals surface area contributed by atoms with Gasteiger partial charge in [0.2, 0.25) is 0 Å². The molecule has 0 N–H and O–H groups in total. The maximum Gasteiger partial charge on any atom is 0.433 e. The summed E-state index contributed by atoms with van der Waals surface area (Å²) in [5, 5.41) is 0. The van der Waals surface area contributed by atoms with Crippen molar-refractivity contribution < 1.29 is 37.0 Å². The van der Waals surface area contributed by atoms with Gasteiger partial charge in [-0.3, -0.25) is 14.4 Å². The van der Waals surface area contributed by atoms with Crippen molar-refractivity contribution in [3.8, 4) is 0 Å². The van der Waals surface area contributed by atoms with E-state index in [0.29, 0.717) is 18.9 Å². The Balaban J connectivity index is 2.40. The number of carbonyl (C=O) groups excluding carboxylic acids is 3. The molecule has 6 nitrogen and oxygen atoms in total. The van der Waals surface area contributed by atoms with E-state index in [-0.39, 0.29) is 31.1 Å². The molecular formula is C20H24F3NO5. The summed E-state index contributed by atoms with van der Waals surface area (Å²) in [6.07, 6.45) is -3.85. The molecule has 0 saturated heterocycles. The molecule has 0 aromatic carbocycles. The molecule has 29 heavy (non-hydrogen) atoms. The summed E-state index contributed by atoms with van der Waals surface area (Å²) >= 11 is 0. The molecule has 0 radical (unpaired) electrons. The van der Waals surface area contributed by atoms with Crippen LogP contribution in [0.5, 0.6) is 0 Å². The van der Waals surface area contributed by atoms with Crippen molar-refractivity contribution >= 4 is 17.3 Å². The van der Waals surface area contributed by atoms with Crippen molar-refractivity contribution in [3.05, 3.63) is 29.1 Å². The fourth-order valence-corrected chi connectivity index (χ4v) is 3.41. The van der Waals surface area contributed by atoms with E-state index in [9.17, 15) is 27.6 Å². The number of pyridine rings is 1. The second-order valence-corrected chi connectivity index (χ2v) is 7.08. The molecule has 1 aliphatic rings. The van der Waals surface area contributed by atoms with Gasteiger partial charge in [0.1, 0.15) is 11.6 Å². The molecule has 3 atom stereocenters. The Morgan fingerprint density at radius 3 is 2.48 bits per heavy atom. The van der Waals surface area contributed by atoms with Crippen LogP contribution in [0.25, 0.3) is 0 Å². The zero-order chi connectivity index (χ0) is 21.8. The van der Waals surface area contributed by atoms with Crippen LogP contribution in [0.3, 0.4) is 0 Å². The number of aromatic nitrogens is 1. The molecule has 1 aliphatic carbocycles. The highest BCUT2D eigenvalue weighted by Gasteiger charge is 2.45. The van der Waals surface area contributed by atoms with Crippen molar-refractivity contribution in [2.45, 2.75) is 39.5 Å². The maximum atomic E-state index is 13.1. The van der Waals surface area contributed by atoms with Gasteiger partial charge < -0.3 is 9.47 Å². The number of rotatable bonds is 8. The highest BCUT2D eigenvalue weighted by Crippen LogP contribution is 2.33. The predicted molar refractivity (Wildman–Crippen MR) is 96.2 cm³/mol. The summed E-state index contributed by atoms with van der Waals surface area (Å²) in [6, 6.07) is 1.64. The van der Waals surface area contributed by atoms with Crippen molar-refractivity contribution in [1.29, 1.82) is 0 Å². The second-order valence-electron chi connectivity index (χ2n) is 7.08. The normalized spacial score (nSPS) is 22.8. The molecule has 1 fully saturated rings. The van der Waals surface area contributed by atoms with Crippen LogP contribution in [-0.2, 0) is 31.8 Å². The minimum atomic E-state index is -4.71. The predicted octanol–water partition coefficient (Wildman–Crippen LogP) is 3.27. The molecule has 1 aromatic rings. The largest absolute Gasteiger partial charge is 0.433 e. The standard InChI is InChI=1S/C20H24F3NO5/c1-4-12-9-11(2)17(25)16(18(12)26)19(27)13-5-6-15(20(21,22)23)24-14(13)10-29-8-7-28-3/h5-6,11-12,16H,4,7-10H2,1-3H3. The lowest BCUT2D eigenvalue weighted by atomic mass is 9.70. The Bertz CT molecular complexity index is 778. The van der Waals surface area contributed by atoms with Gasteiger partial charge in [-0.1, -0.05) is 13.8 Å². The Kier molecular flexibility index (Phi) is 7.65. The van der Waals surface area contributed by atoms with Gasteiger partial charge in [-0.25, -0.2) is 4.98 Å². The van der Waals surface area contributed by atoms with Crippen LogP contribution in [-0.4, -0.2) is 42.7 Å². The minimum absolute atomic E-state index is 0.0816. The number of methoxy groups -OCH3 is 1. The van der Waals surface area contributed by atoms with Crippen LogP contribution in [0.1, 0.15) is 48.4 Å². The van der Waals surface area contributed by atoms with E-state index in [0.717, 1.165) is 6.07 Å². The fourth-order valence-electron chi connectivity index (χ4n) is 3.41. The van der Waals surface area contributed by atoms with Crippen molar-refractivity contribution in [2.24, 2.45) is 17.8 Å². The van der Waals surface area contributed by atoms with Gasteiger partial charge >= 0.3 is 6.18 Å². The zero-order valence-corrected chi connectivity index (χ0v) is 16.5. The summed E-state index contributed by atoms with van der Waals surface area (Å²) in [4.78, 5) is 41.8. The van der Waals surface area contributed by atoms with Crippen LogP contribution in [0.2, 0.25) is 0 Å².